The lowest BCUT2D eigenvalue weighted by Crippen LogP contribution is -2.25. The first kappa shape index (κ1) is 27.4. The van der Waals surface area contributed by atoms with Gasteiger partial charge in [-0.3, -0.25) is 4.79 Å². The molecule has 0 aliphatic heterocycles. The summed E-state index contributed by atoms with van der Waals surface area (Å²) in [4.78, 5) is 24.5. The number of hydrogen-bond donors (Lipinski definition) is 0. The zero-order valence-corrected chi connectivity index (χ0v) is 21.7. The minimum atomic E-state index is -0.704. The van der Waals surface area contributed by atoms with Crippen molar-refractivity contribution in [3.8, 4) is 22.6 Å². The van der Waals surface area contributed by atoms with Crippen molar-refractivity contribution < 1.29 is 23.5 Å². The summed E-state index contributed by atoms with van der Waals surface area (Å²) in [6.07, 6.45) is 4.93. The van der Waals surface area contributed by atoms with Gasteiger partial charge in [0.15, 0.2) is 0 Å². The first-order valence-electron chi connectivity index (χ1n) is 12.4. The second-order valence-electron chi connectivity index (χ2n) is 9.12. The van der Waals surface area contributed by atoms with Gasteiger partial charge in [-0.2, -0.15) is 0 Å². The maximum atomic E-state index is 14.4. The molecule has 3 rings (SSSR count). The number of rotatable bonds is 11. The number of unbranched alkanes of at least 4 members (excludes halogenated alkanes) is 3. The fourth-order valence-corrected chi connectivity index (χ4v) is 3.71. The van der Waals surface area contributed by atoms with Gasteiger partial charge < -0.3 is 9.47 Å². The third kappa shape index (κ3) is 7.66. The lowest BCUT2D eigenvalue weighted by molar-refractivity contribution is -0.134. The van der Waals surface area contributed by atoms with E-state index < -0.39 is 17.3 Å². The Labute approximate surface area is 217 Å². The third-order valence-electron chi connectivity index (χ3n) is 5.87. The molecule has 0 heterocycles. The monoisotopic (exact) mass is 510 g/mol. The summed E-state index contributed by atoms with van der Waals surface area (Å²) in [5.74, 6) is -0.711. The number of halogens is 2. The molecular formula is C30H32ClFO4. The molecule has 3 aromatic carbocycles. The van der Waals surface area contributed by atoms with Crippen LogP contribution < -0.4 is 9.47 Å². The van der Waals surface area contributed by atoms with Crippen LogP contribution in [0.3, 0.4) is 0 Å². The van der Waals surface area contributed by atoms with E-state index in [0.717, 1.165) is 36.8 Å². The Morgan fingerprint density at radius 2 is 1.42 bits per heavy atom. The lowest BCUT2D eigenvalue weighted by Gasteiger charge is -2.12. The molecular weight excluding hydrogens is 479 g/mol. The molecule has 0 aliphatic rings. The topological polar surface area (TPSA) is 52.6 Å². The van der Waals surface area contributed by atoms with Crippen LogP contribution in [-0.4, -0.2) is 17.3 Å². The number of benzene rings is 3. The summed E-state index contributed by atoms with van der Waals surface area (Å²) in [6, 6.07) is 18.6. The van der Waals surface area contributed by atoms with Gasteiger partial charge in [0.1, 0.15) is 22.7 Å². The van der Waals surface area contributed by atoms with Crippen molar-refractivity contribution >= 4 is 23.5 Å². The minimum absolute atomic E-state index is 0.0234. The molecule has 0 N–H and O–H groups in total. The van der Waals surface area contributed by atoms with Gasteiger partial charge in [0.05, 0.1) is 5.56 Å². The summed E-state index contributed by atoms with van der Waals surface area (Å²) in [7, 11) is 0. The molecule has 190 valence electrons. The van der Waals surface area contributed by atoms with Crippen LogP contribution in [0.1, 0.15) is 62.4 Å². The number of ether oxygens (including phenoxy) is 2. The first-order valence-corrected chi connectivity index (χ1v) is 12.8. The molecule has 3 aromatic rings. The van der Waals surface area contributed by atoms with E-state index in [1.807, 2.05) is 38.1 Å². The largest absolute Gasteiger partial charge is 0.425 e. The molecule has 0 radical (unpaired) electrons. The smallest absolute Gasteiger partial charge is 0.343 e. The molecule has 0 amide bonds. The highest BCUT2D eigenvalue weighted by atomic mass is 35.5. The first-order chi connectivity index (χ1) is 17.3. The van der Waals surface area contributed by atoms with Crippen LogP contribution in [0.5, 0.6) is 11.5 Å². The minimum Gasteiger partial charge on any atom is -0.425 e. The van der Waals surface area contributed by atoms with E-state index in [1.54, 1.807) is 36.4 Å². The number of carbonyl (C=O) groups is 2. The Morgan fingerprint density at radius 1 is 0.833 bits per heavy atom. The zero-order valence-electron chi connectivity index (χ0n) is 20.9. The predicted molar refractivity (Wildman–Crippen MR) is 141 cm³/mol. The van der Waals surface area contributed by atoms with Crippen molar-refractivity contribution in [1.29, 1.82) is 0 Å². The Bertz CT molecular complexity index is 1160. The Balaban J connectivity index is 1.58. The van der Waals surface area contributed by atoms with Crippen molar-refractivity contribution in [1.82, 2.24) is 0 Å². The molecule has 36 heavy (non-hydrogen) atoms. The SMILES string of the molecule is CCCCCCc1ccc(C(=O)Oc2ccc(-c3ccc(OC(=O)C(Cl)C(C)C)cc3)cc2)cc1F. The second kappa shape index (κ2) is 13.2. The van der Waals surface area contributed by atoms with Gasteiger partial charge in [0.2, 0.25) is 0 Å². The van der Waals surface area contributed by atoms with Gasteiger partial charge in [-0.15, -0.1) is 11.6 Å². The molecule has 4 nitrogen and oxygen atoms in total. The number of aryl methyl sites for hydroxylation is 1. The van der Waals surface area contributed by atoms with Crippen molar-refractivity contribution in [3.63, 3.8) is 0 Å². The molecule has 1 atom stereocenters. The van der Waals surface area contributed by atoms with E-state index in [0.29, 0.717) is 23.5 Å². The van der Waals surface area contributed by atoms with E-state index in [2.05, 4.69) is 6.92 Å². The van der Waals surface area contributed by atoms with E-state index in [9.17, 15) is 14.0 Å². The van der Waals surface area contributed by atoms with Gasteiger partial charge in [-0.05, 0) is 71.8 Å². The quantitative estimate of drug-likeness (QED) is 0.113. The molecule has 6 heteroatoms. The molecule has 0 bridgehead atoms. The predicted octanol–water partition coefficient (Wildman–Crippen LogP) is 8.00. The fraction of sp³-hybridized carbons (Fsp3) is 0.333. The maximum Gasteiger partial charge on any atom is 0.343 e. The van der Waals surface area contributed by atoms with Crippen LogP contribution in [0.4, 0.5) is 4.39 Å². The van der Waals surface area contributed by atoms with Crippen LogP contribution in [0.25, 0.3) is 11.1 Å². The summed E-state index contributed by atoms with van der Waals surface area (Å²) in [5.41, 5.74) is 2.59. The van der Waals surface area contributed by atoms with Crippen molar-refractivity contribution in [2.45, 2.75) is 58.3 Å². The van der Waals surface area contributed by atoms with Crippen LogP contribution >= 0.6 is 11.6 Å². The molecule has 1 unspecified atom stereocenters. The summed E-state index contributed by atoms with van der Waals surface area (Å²) >= 11 is 6.05. The Hall–Kier alpha value is -3.18. The van der Waals surface area contributed by atoms with E-state index in [1.165, 1.54) is 6.07 Å². The van der Waals surface area contributed by atoms with E-state index in [-0.39, 0.29) is 17.3 Å². The number of hydrogen-bond acceptors (Lipinski definition) is 4. The highest BCUT2D eigenvalue weighted by molar-refractivity contribution is 6.30. The number of esters is 2. The van der Waals surface area contributed by atoms with Gasteiger partial charge in [-0.1, -0.05) is 70.4 Å². The Morgan fingerprint density at radius 3 is 1.94 bits per heavy atom. The molecule has 0 aromatic heterocycles. The second-order valence-corrected chi connectivity index (χ2v) is 9.59. The zero-order chi connectivity index (χ0) is 26.1. The van der Waals surface area contributed by atoms with Crippen LogP contribution in [-0.2, 0) is 11.2 Å². The molecule has 0 aliphatic carbocycles. The van der Waals surface area contributed by atoms with Crippen LogP contribution in [0.15, 0.2) is 66.7 Å². The average molecular weight is 511 g/mol. The molecule has 0 saturated carbocycles. The van der Waals surface area contributed by atoms with Gasteiger partial charge in [0, 0.05) is 0 Å². The van der Waals surface area contributed by atoms with Crippen molar-refractivity contribution in [2.75, 3.05) is 0 Å². The molecule has 0 saturated heterocycles. The highest BCUT2D eigenvalue weighted by Gasteiger charge is 2.21. The standard InChI is InChI=1S/C30H32ClFO4/c1-4-5-6-7-8-23-9-10-24(19-27(23)32)29(33)35-25-15-11-21(12-16-25)22-13-17-26(18-14-22)36-30(34)28(31)20(2)3/h9-20,28H,4-8H2,1-3H3. The summed E-state index contributed by atoms with van der Waals surface area (Å²) in [6.45, 7) is 5.85. The lowest BCUT2D eigenvalue weighted by atomic mass is 10.0. The number of alkyl halides is 1. The molecule has 0 fully saturated rings. The van der Waals surface area contributed by atoms with Crippen LogP contribution in [0.2, 0.25) is 0 Å². The van der Waals surface area contributed by atoms with E-state index in [4.69, 9.17) is 21.1 Å². The van der Waals surface area contributed by atoms with Gasteiger partial charge in [0.25, 0.3) is 0 Å². The Kier molecular flexibility index (Phi) is 10.1. The summed E-state index contributed by atoms with van der Waals surface area (Å²) in [5, 5.41) is -0.704. The summed E-state index contributed by atoms with van der Waals surface area (Å²) < 4.78 is 25.2. The van der Waals surface area contributed by atoms with Crippen molar-refractivity contribution in [3.05, 3.63) is 83.7 Å². The molecule has 0 spiro atoms. The van der Waals surface area contributed by atoms with Crippen LogP contribution in [0, 0.1) is 11.7 Å². The normalized spacial score (nSPS) is 11.8. The fourth-order valence-electron chi connectivity index (χ4n) is 3.66. The maximum absolute atomic E-state index is 14.4. The van der Waals surface area contributed by atoms with Crippen molar-refractivity contribution in [2.24, 2.45) is 5.92 Å². The number of carbonyl (C=O) groups excluding carboxylic acids is 2. The van der Waals surface area contributed by atoms with E-state index >= 15 is 0 Å². The third-order valence-corrected chi connectivity index (χ3v) is 6.55. The average Bonchev–Trinajstić information content (AvgIpc) is 2.87. The van der Waals surface area contributed by atoms with Gasteiger partial charge >= 0.3 is 11.9 Å². The highest BCUT2D eigenvalue weighted by Crippen LogP contribution is 2.26. The van der Waals surface area contributed by atoms with Gasteiger partial charge in [-0.25, -0.2) is 9.18 Å².